The Morgan fingerprint density at radius 2 is 2.00 bits per heavy atom. The largest absolute Gasteiger partial charge is 0.341 e. The summed E-state index contributed by atoms with van der Waals surface area (Å²) in [5, 5.41) is 6.16. The van der Waals surface area contributed by atoms with Gasteiger partial charge in [-0.1, -0.05) is 36.0 Å². The van der Waals surface area contributed by atoms with Gasteiger partial charge in [0.15, 0.2) is 0 Å². The van der Waals surface area contributed by atoms with E-state index >= 15 is 0 Å². The van der Waals surface area contributed by atoms with Crippen LogP contribution in [0.15, 0.2) is 47.6 Å². The van der Waals surface area contributed by atoms with Crippen molar-refractivity contribution >= 4 is 22.8 Å². The number of hydrogen-bond acceptors (Lipinski definition) is 3. The molecule has 0 fully saturated rings. The fraction of sp³-hybridized carbons (Fsp3) is 0.263. The third-order valence-electron chi connectivity index (χ3n) is 4.69. The second kappa shape index (κ2) is 6.09. The minimum absolute atomic E-state index is 0.0767. The number of amides is 2. The van der Waals surface area contributed by atoms with Crippen LogP contribution < -0.4 is 0 Å². The lowest BCUT2D eigenvalue weighted by atomic mass is 10.1. The van der Waals surface area contributed by atoms with Crippen molar-refractivity contribution in [2.75, 3.05) is 14.1 Å². The van der Waals surface area contributed by atoms with Crippen LogP contribution in [0, 0.1) is 11.6 Å². The maximum atomic E-state index is 14.3. The van der Waals surface area contributed by atoms with Crippen molar-refractivity contribution in [3.05, 3.63) is 70.8 Å². The number of aryl methyl sites for hydroxylation is 1. The van der Waals surface area contributed by atoms with Gasteiger partial charge in [-0.25, -0.2) is 13.6 Å². The van der Waals surface area contributed by atoms with Crippen molar-refractivity contribution in [2.24, 2.45) is 5.10 Å². The Bertz CT molecular complexity index is 931. The molecule has 0 aromatic heterocycles. The van der Waals surface area contributed by atoms with E-state index in [1.807, 2.05) is 24.3 Å². The number of nitrogens with zero attached hydrogens (tertiary/aromatic N) is 3. The van der Waals surface area contributed by atoms with Gasteiger partial charge in [0.05, 0.1) is 0 Å². The first-order valence-corrected chi connectivity index (χ1v) is 9.07. The van der Waals surface area contributed by atoms with Gasteiger partial charge in [-0.3, -0.25) is 0 Å². The van der Waals surface area contributed by atoms with Gasteiger partial charge in [-0.2, -0.15) is 10.1 Å². The molecule has 0 N–H and O–H groups in total. The zero-order valence-electron chi connectivity index (χ0n) is 14.4. The predicted molar refractivity (Wildman–Crippen MR) is 97.8 cm³/mol. The number of carbonyl (C=O) groups excluding carboxylic acids is 1. The lowest BCUT2D eigenvalue weighted by Crippen LogP contribution is -2.44. The summed E-state index contributed by atoms with van der Waals surface area (Å²) in [7, 11) is 3.30. The van der Waals surface area contributed by atoms with E-state index in [2.05, 4.69) is 5.10 Å². The lowest BCUT2D eigenvalue weighted by molar-refractivity contribution is 0.143. The average molecular weight is 373 g/mol. The molecule has 1 atom stereocenters. The molecule has 2 amide bonds. The molecule has 1 aliphatic carbocycles. The number of hydrogen-bond donors (Lipinski definition) is 0. The molecule has 1 unspecified atom stereocenters. The molecule has 134 valence electrons. The van der Waals surface area contributed by atoms with E-state index in [0.717, 1.165) is 35.7 Å². The minimum atomic E-state index is -0.730. The molecule has 2 aromatic carbocycles. The fourth-order valence-electron chi connectivity index (χ4n) is 3.44. The molecule has 0 saturated heterocycles. The van der Waals surface area contributed by atoms with E-state index in [4.69, 9.17) is 0 Å². The van der Waals surface area contributed by atoms with Crippen molar-refractivity contribution in [3.63, 3.8) is 0 Å². The van der Waals surface area contributed by atoms with Crippen molar-refractivity contribution < 1.29 is 13.6 Å². The number of fused-ring (bicyclic) bond motifs is 2. The summed E-state index contributed by atoms with van der Waals surface area (Å²) >= 11 is 1.31. The standard InChI is InChI=1S/C19H17F2N3OS/c1-23(2)18(25)24-19(10-9-12-5-3-4-6-15(12)19)26-17(22-24)14-11-13(20)7-8-16(14)21/h3-8,11H,9-10H2,1-2H3. The van der Waals surface area contributed by atoms with Gasteiger partial charge < -0.3 is 4.90 Å². The summed E-state index contributed by atoms with van der Waals surface area (Å²) in [6.45, 7) is 0. The summed E-state index contributed by atoms with van der Waals surface area (Å²) in [5.41, 5.74) is 2.22. The highest BCUT2D eigenvalue weighted by Crippen LogP contribution is 2.55. The number of benzene rings is 2. The van der Waals surface area contributed by atoms with Crippen molar-refractivity contribution in [1.82, 2.24) is 9.91 Å². The maximum absolute atomic E-state index is 14.3. The SMILES string of the molecule is CN(C)C(=O)N1N=C(c2cc(F)ccc2F)SC12CCc1ccccc12. The molecule has 1 spiro atoms. The van der Waals surface area contributed by atoms with Gasteiger partial charge in [-0.05, 0) is 42.2 Å². The summed E-state index contributed by atoms with van der Waals surface area (Å²) in [5.74, 6) is -1.10. The molecule has 0 radical (unpaired) electrons. The van der Waals surface area contributed by atoms with Gasteiger partial charge >= 0.3 is 6.03 Å². The second-order valence-corrected chi connectivity index (χ2v) is 7.83. The van der Waals surface area contributed by atoms with Gasteiger partial charge in [0, 0.05) is 19.7 Å². The van der Waals surface area contributed by atoms with Crippen LogP contribution in [0.2, 0.25) is 0 Å². The normalized spacial score (nSPS) is 21.1. The third-order valence-corrected chi connectivity index (χ3v) is 6.12. The Labute approximate surface area is 154 Å². The smallest absolute Gasteiger partial charge is 0.329 e. The third kappa shape index (κ3) is 2.49. The van der Waals surface area contributed by atoms with Crippen LogP contribution in [-0.4, -0.2) is 35.1 Å². The first-order chi connectivity index (χ1) is 12.4. The Balaban J connectivity index is 1.85. The monoisotopic (exact) mass is 373 g/mol. The summed E-state index contributed by atoms with van der Waals surface area (Å²) in [6.07, 6.45) is 1.47. The molecule has 1 aliphatic heterocycles. The Hall–Kier alpha value is -2.41. The molecule has 0 bridgehead atoms. The molecule has 1 heterocycles. The number of carbonyl (C=O) groups is 1. The van der Waals surface area contributed by atoms with Crippen LogP contribution in [0.3, 0.4) is 0 Å². The highest BCUT2D eigenvalue weighted by atomic mass is 32.2. The van der Waals surface area contributed by atoms with E-state index in [9.17, 15) is 13.6 Å². The summed E-state index contributed by atoms with van der Waals surface area (Å²) < 4.78 is 28.0. The lowest BCUT2D eigenvalue weighted by Gasteiger charge is -2.33. The highest BCUT2D eigenvalue weighted by molar-refractivity contribution is 8.15. The maximum Gasteiger partial charge on any atom is 0.341 e. The predicted octanol–water partition coefficient (Wildman–Crippen LogP) is 4.16. The van der Waals surface area contributed by atoms with Crippen LogP contribution in [0.5, 0.6) is 0 Å². The zero-order valence-corrected chi connectivity index (χ0v) is 15.2. The molecule has 0 saturated carbocycles. The number of rotatable bonds is 1. The molecule has 4 rings (SSSR count). The zero-order chi connectivity index (χ0) is 18.5. The number of urea groups is 1. The van der Waals surface area contributed by atoms with Crippen LogP contribution in [0.1, 0.15) is 23.1 Å². The second-order valence-electron chi connectivity index (χ2n) is 6.56. The van der Waals surface area contributed by atoms with Gasteiger partial charge in [0.2, 0.25) is 0 Å². The Kier molecular flexibility index (Phi) is 3.99. The van der Waals surface area contributed by atoms with Crippen LogP contribution in [0.25, 0.3) is 0 Å². The first kappa shape index (κ1) is 17.0. The summed E-state index contributed by atoms with van der Waals surface area (Å²) in [4.78, 5) is 13.5. The highest BCUT2D eigenvalue weighted by Gasteiger charge is 2.52. The molecule has 4 nitrogen and oxygen atoms in total. The van der Waals surface area contributed by atoms with Crippen molar-refractivity contribution in [2.45, 2.75) is 17.7 Å². The fourth-order valence-corrected chi connectivity index (χ4v) is 4.86. The minimum Gasteiger partial charge on any atom is -0.329 e. The molecular weight excluding hydrogens is 356 g/mol. The Morgan fingerprint density at radius 1 is 1.23 bits per heavy atom. The van der Waals surface area contributed by atoms with Crippen LogP contribution in [-0.2, 0) is 11.3 Å². The quantitative estimate of drug-likeness (QED) is 0.753. The molecular formula is C19H17F2N3OS. The van der Waals surface area contributed by atoms with E-state index in [1.54, 1.807) is 14.1 Å². The average Bonchev–Trinajstić information content (AvgIpc) is 3.19. The van der Waals surface area contributed by atoms with Crippen molar-refractivity contribution in [1.29, 1.82) is 0 Å². The summed E-state index contributed by atoms with van der Waals surface area (Å²) in [6, 6.07) is 10.9. The number of halogens is 2. The van der Waals surface area contributed by atoms with E-state index in [0.29, 0.717) is 11.5 Å². The van der Waals surface area contributed by atoms with E-state index < -0.39 is 16.5 Å². The van der Waals surface area contributed by atoms with E-state index in [-0.39, 0.29) is 11.6 Å². The van der Waals surface area contributed by atoms with Gasteiger partial charge in [0.1, 0.15) is 21.5 Å². The van der Waals surface area contributed by atoms with Crippen LogP contribution in [0.4, 0.5) is 13.6 Å². The van der Waals surface area contributed by atoms with Crippen molar-refractivity contribution in [3.8, 4) is 0 Å². The number of thioether (sulfide) groups is 1. The first-order valence-electron chi connectivity index (χ1n) is 8.25. The molecule has 2 aliphatic rings. The van der Waals surface area contributed by atoms with E-state index in [1.165, 1.54) is 21.7 Å². The number of hydrazone groups is 1. The van der Waals surface area contributed by atoms with Gasteiger partial charge in [-0.15, -0.1) is 0 Å². The topological polar surface area (TPSA) is 35.9 Å². The molecule has 7 heteroatoms. The van der Waals surface area contributed by atoms with Gasteiger partial charge in [0.25, 0.3) is 0 Å². The molecule has 2 aromatic rings. The molecule has 26 heavy (non-hydrogen) atoms. The van der Waals surface area contributed by atoms with Crippen LogP contribution >= 0.6 is 11.8 Å². The Morgan fingerprint density at radius 3 is 2.77 bits per heavy atom.